The molecule has 5 heteroatoms. The largest absolute Gasteiger partial charge is 0.346 e. The molecule has 2 aromatic carbocycles. The Morgan fingerprint density at radius 1 is 1.00 bits per heavy atom. The van der Waals surface area contributed by atoms with Crippen LogP contribution in [0.2, 0.25) is 0 Å². The molecule has 0 bridgehead atoms. The van der Waals surface area contributed by atoms with Crippen LogP contribution in [-0.4, -0.2) is 15.9 Å². The van der Waals surface area contributed by atoms with Crippen LogP contribution in [0.4, 0.5) is 0 Å². The van der Waals surface area contributed by atoms with Gasteiger partial charge in [0.25, 0.3) is 5.91 Å². The average Bonchev–Trinajstić information content (AvgIpc) is 2.78. The highest BCUT2D eigenvalue weighted by Gasteiger charge is 2.14. The normalized spacial score (nSPS) is 10.8. The van der Waals surface area contributed by atoms with Gasteiger partial charge in [-0.3, -0.25) is 9.78 Å². The lowest BCUT2D eigenvalue weighted by Gasteiger charge is -2.10. The molecule has 0 atom stereocenters. The molecule has 144 valence electrons. The van der Waals surface area contributed by atoms with Gasteiger partial charge in [0, 0.05) is 16.5 Å². The highest BCUT2D eigenvalue weighted by atomic mass is 32.2. The van der Waals surface area contributed by atoms with Crippen LogP contribution in [0.25, 0.3) is 10.9 Å². The molecule has 0 aliphatic carbocycles. The van der Waals surface area contributed by atoms with Gasteiger partial charge in [-0.15, -0.1) is 0 Å². The summed E-state index contributed by atoms with van der Waals surface area (Å²) in [7, 11) is 0. The predicted molar refractivity (Wildman–Crippen MR) is 117 cm³/mol. The van der Waals surface area contributed by atoms with E-state index in [9.17, 15) is 4.79 Å². The number of benzene rings is 2. The second kappa shape index (κ2) is 8.88. The van der Waals surface area contributed by atoms with Crippen molar-refractivity contribution < 1.29 is 4.79 Å². The lowest BCUT2D eigenvalue weighted by molar-refractivity contribution is 0.0951. The van der Waals surface area contributed by atoms with Crippen molar-refractivity contribution in [3.05, 3.63) is 95.8 Å². The summed E-state index contributed by atoms with van der Waals surface area (Å²) in [4.78, 5) is 23.1. The van der Waals surface area contributed by atoms with E-state index < -0.39 is 0 Å². The smallest absolute Gasteiger partial charge is 0.252 e. The summed E-state index contributed by atoms with van der Waals surface area (Å²) in [6, 6.07) is 23.7. The van der Waals surface area contributed by atoms with E-state index in [2.05, 4.69) is 41.5 Å². The summed E-state index contributed by atoms with van der Waals surface area (Å²) in [5.41, 5.74) is 3.56. The average molecular weight is 400 g/mol. The van der Waals surface area contributed by atoms with Gasteiger partial charge < -0.3 is 5.32 Å². The van der Waals surface area contributed by atoms with Crippen LogP contribution >= 0.6 is 11.8 Å². The number of fused-ring (bicyclic) bond motifs is 1. The second-order valence-corrected chi connectivity index (χ2v) is 7.72. The first-order chi connectivity index (χ1) is 14.2. The summed E-state index contributed by atoms with van der Waals surface area (Å²) in [5.74, 6) is -0.127. The first kappa shape index (κ1) is 19.2. The van der Waals surface area contributed by atoms with Crippen LogP contribution in [0.15, 0.2) is 88.9 Å². The molecule has 2 heterocycles. The van der Waals surface area contributed by atoms with Gasteiger partial charge in [0.2, 0.25) is 0 Å². The van der Waals surface area contributed by atoms with Crippen molar-refractivity contribution in [3.63, 3.8) is 0 Å². The third-order valence-corrected chi connectivity index (χ3v) is 5.57. The SMILES string of the molecule is CCc1ccc(Sc2cc(C(=O)NCc3ccccn3)c3ccccc3n2)cc1. The van der Waals surface area contributed by atoms with Crippen molar-refractivity contribution >= 4 is 28.6 Å². The summed E-state index contributed by atoms with van der Waals surface area (Å²) < 4.78 is 0. The molecule has 0 aliphatic rings. The molecule has 0 saturated heterocycles. The van der Waals surface area contributed by atoms with Gasteiger partial charge in [-0.25, -0.2) is 4.98 Å². The number of rotatable bonds is 6. The predicted octanol–water partition coefficient (Wildman–Crippen LogP) is 5.27. The van der Waals surface area contributed by atoms with Crippen molar-refractivity contribution in [2.75, 3.05) is 0 Å². The minimum atomic E-state index is -0.127. The Morgan fingerprint density at radius 2 is 1.79 bits per heavy atom. The molecule has 0 spiro atoms. The zero-order valence-corrected chi connectivity index (χ0v) is 16.9. The molecular weight excluding hydrogens is 378 g/mol. The van der Waals surface area contributed by atoms with Crippen LogP contribution in [-0.2, 0) is 13.0 Å². The summed E-state index contributed by atoms with van der Waals surface area (Å²) in [5, 5.41) is 4.62. The van der Waals surface area contributed by atoms with Crippen molar-refractivity contribution in [2.45, 2.75) is 29.8 Å². The molecule has 1 N–H and O–H groups in total. The van der Waals surface area contributed by atoms with E-state index >= 15 is 0 Å². The Labute approximate surface area is 174 Å². The number of aromatic nitrogens is 2. The van der Waals surface area contributed by atoms with Gasteiger partial charge in [-0.2, -0.15) is 0 Å². The number of amides is 1. The first-order valence-electron chi connectivity index (χ1n) is 9.57. The third kappa shape index (κ3) is 4.63. The molecule has 29 heavy (non-hydrogen) atoms. The molecule has 0 unspecified atom stereocenters. The summed E-state index contributed by atoms with van der Waals surface area (Å²) >= 11 is 1.56. The van der Waals surface area contributed by atoms with Crippen LogP contribution in [0.3, 0.4) is 0 Å². The Kier molecular flexibility index (Phi) is 5.86. The number of hydrogen-bond donors (Lipinski definition) is 1. The molecule has 0 radical (unpaired) electrons. The lowest BCUT2D eigenvalue weighted by Crippen LogP contribution is -2.23. The molecule has 0 saturated carbocycles. The highest BCUT2D eigenvalue weighted by molar-refractivity contribution is 7.99. The van der Waals surface area contributed by atoms with E-state index in [4.69, 9.17) is 4.98 Å². The fourth-order valence-electron chi connectivity index (χ4n) is 3.07. The van der Waals surface area contributed by atoms with Gasteiger partial charge in [0.15, 0.2) is 0 Å². The number of carbonyl (C=O) groups excluding carboxylic acids is 1. The van der Waals surface area contributed by atoms with Crippen molar-refractivity contribution in [1.29, 1.82) is 0 Å². The maximum absolute atomic E-state index is 12.9. The fourth-order valence-corrected chi connectivity index (χ4v) is 3.91. The van der Waals surface area contributed by atoms with Gasteiger partial charge >= 0.3 is 0 Å². The van der Waals surface area contributed by atoms with Crippen LogP contribution in [0, 0.1) is 0 Å². The quantitative estimate of drug-likeness (QED) is 0.480. The number of nitrogens with one attached hydrogen (secondary N) is 1. The minimum Gasteiger partial charge on any atom is -0.346 e. The zero-order valence-electron chi connectivity index (χ0n) is 16.1. The number of carbonyl (C=O) groups is 1. The monoisotopic (exact) mass is 399 g/mol. The topological polar surface area (TPSA) is 54.9 Å². The van der Waals surface area contributed by atoms with Gasteiger partial charge in [0.05, 0.1) is 23.3 Å². The Hall–Kier alpha value is -3.18. The molecule has 2 aromatic heterocycles. The molecule has 1 amide bonds. The number of para-hydroxylation sites is 1. The molecule has 4 rings (SSSR count). The first-order valence-corrected chi connectivity index (χ1v) is 10.4. The molecule has 0 aliphatic heterocycles. The standard InChI is InChI=1S/C24H21N3OS/c1-2-17-10-12-19(13-11-17)29-23-15-21(20-8-3-4-9-22(20)27-23)24(28)26-16-18-7-5-6-14-25-18/h3-15H,2,16H2,1H3,(H,26,28). The van der Waals surface area contributed by atoms with Gasteiger partial charge in [-0.1, -0.05) is 55.1 Å². The van der Waals surface area contributed by atoms with Crippen molar-refractivity contribution in [1.82, 2.24) is 15.3 Å². The van der Waals surface area contributed by atoms with Crippen LogP contribution < -0.4 is 5.32 Å². The summed E-state index contributed by atoms with van der Waals surface area (Å²) in [6.45, 7) is 2.53. The molecule has 0 fully saturated rings. The van der Waals surface area contributed by atoms with Gasteiger partial charge in [-0.05, 0) is 48.4 Å². The number of nitrogens with zero attached hydrogens (tertiary/aromatic N) is 2. The molecule has 4 aromatic rings. The van der Waals surface area contributed by atoms with Crippen LogP contribution in [0.5, 0.6) is 0 Å². The van der Waals surface area contributed by atoms with E-state index in [1.54, 1.807) is 18.0 Å². The Morgan fingerprint density at radius 3 is 2.55 bits per heavy atom. The minimum absolute atomic E-state index is 0.127. The number of aryl methyl sites for hydroxylation is 1. The van der Waals surface area contributed by atoms with Crippen molar-refractivity contribution in [3.8, 4) is 0 Å². The fraction of sp³-hybridized carbons (Fsp3) is 0.125. The second-order valence-electron chi connectivity index (χ2n) is 6.63. The van der Waals surface area contributed by atoms with E-state index in [1.807, 2.05) is 48.5 Å². The Bertz CT molecular complexity index is 1130. The number of pyridine rings is 2. The van der Waals surface area contributed by atoms with Crippen LogP contribution in [0.1, 0.15) is 28.5 Å². The highest BCUT2D eigenvalue weighted by Crippen LogP contribution is 2.30. The van der Waals surface area contributed by atoms with Crippen molar-refractivity contribution in [2.24, 2.45) is 0 Å². The zero-order chi connectivity index (χ0) is 20.1. The van der Waals surface area contributed by atoms with E-state index in [0.29, 0.717) is 12.1 Å². The number of hydrogen-bond acceptors (Lipinski definition) is 4. The Balaban J connectivity index is 1.62. The van der Waals surface area contributed by atoms with Gasteiger partial charge in [0.1, 0.15) is 5.03 Å². The summed E-state index contributed by atoms with van der Waals surface area (Å²) in [6.07, 6.45) is 2.74. The van der Waals surface area contributed by atoms with E-state index in [0.717, 1.165) is 32.9 Å². The molecular formula is C24H21N3OS. The van der Waals surface area contributed by atoms with E-state index in [1.165, 1.54) is 5.56 Å². The third-order valence-electron chi connectivity index (χ3n) is 4.65. The van der Waals surface area contributed by atoms with E-state index in [-0.39, 0.29) is 5.91 Å². The maximum Gasteiger partial charge on any atom is 0.252 e. The lowest BCUT2D eigenvalue weighted by atomic mass is 10.1. The molecule has 4 nitrogen and oxygen atoms in total. The maximum atomic E-state index is 12.9.